The Hall–Kier alpha value is -3.43. The molecule has 0 N–H and O–H groups in total. The van der Waals surface area contributed by atoms with E-state index >= 15 is 0 Å². The second-order valence-electron chi connectivity index (χ2n) is 7.66. The molecule has 3 amide bonds. The number of amides is 3. The Balaban J connectivity index is 1.25. The van der Waals surface area contributed by atoms with Gasteiger partial charge in [0.15, 0.2) is 0 Å². The first-order valence-electron chi connectivity index (χ1n) is 10.2. The van der Waals surface area contributed by atoms with Crippen molar-refractivity contribution in [3.63, 3.8) is 0 Å². The molecule has 1 saturated heterocycles. The van der Waals surface area contributed by atoms with E-state index in [1.165, 1.54) is 0 Å². The molecule has 1 aromatic carbocycles. The molecule has 0 radical (unpaired) electrons. The Labute approximate surface area is 181 Å². The lowest BCUT2D eigenvalue weighted by molar-refractivity contribution is -0.137. The van der Waals surface area contributed by atoms with Crippen LogP contribution in [-0.4, -0.2) is 58.2 Å². The normalized spacial score (nSPS) is 18.3. The fourth-order valence-electron chi connectivity index (χ4n) is 3.86. The summed E-state index contributed by atoms with van der Waals surface area (Å²) in [6.07, 6.45) is -2.97. The van der Waals surface area contributed by atoms with Crippen LogP contribution in [0.4, 0.5) is 13.2 Å². The fraction of sp³-hybridized carbons (Fsp3) is 0.364. The van der Waals surface area contributed by atoms with Crippen LogP contribution in [-0.2, 0) is 11.0 Å². The van der Waals surface area contributed by atoms with Crippen molar-refractivity contribution in [2.75, 3.05) is 19.6 Å². The van der Waals surface area contributed by atoms with Crippen molar-refractivity contribution >= 4 is 17.7 Å². The van der Waals surface area contributed by atoms with Gasteiger partial charge in [0.25, 0.3) is 11.8 Å². The highest BCUT2D eigenvalue weighted by atomic mass is 19.4. The number of alkyl halides is 3. The highest BCUT2D eigenvalue weighted by molar-refractivity contribution is 6.21. The van der Waals surface area contributed by atoms with Gasteiger partial charge in [0.2, 0.25) is 11.8 Å². The Morgan fingerprint density at radius 3 is 2.47 bits per heavy atom. The van der Waals surface area contributed by atoms with E-state index in [4.69, 9.17) is 4.74 Å². The van der Waals surface area contributed by atoms with Crippen LogP contribution in [0.5, 0.6) is 5.88 Å². The fourth-order valence-corrected chi connectivity index (χ4v) is 3.86. The second-order valence-corrected chi connectivity index (χ2v) is 7.66. The lowest BCUT2D eigenvalue weighted by Gasteiger charge is -2.18. The van der Waals surface area contributed by atoms with Crippen LogP contribution in [0.15, 0.2) is 42.6 Å². The minimum absolute atomic E-state index is 0.134. The molecule has 0 bridgehead atoms. The van der Waals surface area contributed by atoms with E-state index < -0.39 is 17.8 Å². The Morgan fingerprint density at radius 2 is 1.81 bits per heavy atom. The number of ether oxygens (including phenoxy) is 1. The van der Waals surface area contributed by atoms with Crippen LogP contribution in [0.1, 0.15) is 45.5 Å². The van der Waals surface area contributed by atoms with Gasteiger partial charge >= 0.3 is 6.18 Å². The number of nitrogens with zero attached hydrogens (tertiary/aromatic N) is 3. The Morgan fingerprint density at radius 1 is 1.12 bits per heavy atom. The van der Waals surface area contributed by atoms with Gasteiger partial charge in [-0.25, -0.2) is 4.98 Å². The van der Waals surface area contributed by atoms with E-state index in [1.54, 1.807) is 29.2 Å². The number of hydrogen-bond donors (Lipinski definition) is 0. The molecule has 2 aromatic rings. The maximum atomic E-state index is 12.8. The third-order valence-electron chi connectivity index (χ3n) is 5.50. The van der Waals surface area contributed by atoms with Crippen molar-refractivity contribution in [2.24, 2.45) is 0 Å². The minimum Gasteiger partial charge on any atom is -0.472 e. The number of carbonyl (C=O) groups is 3. The van der Waals surface area contributed by atoms with E-state index in [-0.39, 0.29) is 43.1 Å². The van der Waals surface area contributed by atoms with Crippen molar-refractivity contribution < 1.29 is 32.3 Å². The molecular weight excluding hydrogens is 427 g/mol. The van der Waals surface area contributed by atoms with Gasteiger partial charge in [-0.05, 0) is 24.6 Å². The quantitative estimate of drug-likeness (QED) is 0.636. The largest absolute Gasteiger partial charge is 0.472 e. The van der Waals surface area contributed by atoms with Crippen LogP contribution in [0.3, 0.4) is 0 Å². The van der Waals surface area contributed by atoms with E-state index in [1.807, 2.05) is 0 Å². The van der Waals surface area contributed by atoms with Crippen molar-refractivity contribution in [3.8, 4) is 5.88 Å². The number of carbonyl (C=O) groups excluding carboxylic acids is 3. The van der Waals surface area contributed by atoms with E-state index in [0.717, 1.165) is 23.2 Å². The zero-order chi connectivity index (χ0) is 22.9. The number of pyridine rings is 1. The summed E-state index contributed by atoms with van der Waals surface area (Å²) in [5, 5.41) is 0. The number of likely N-dealkylation sites (tertiary alicyclic amines) is 1. The lowest BCUT2D eigenvalue weighted by Crippen LogP contribution is -2.33. The summed E-state index contributed by atoms with van der Waals surface area (Å²) < 4.78 is 44.0. The molecule has 10 heteroatoms. The van der Waals surface area contributed by atoms with Crippen LogP contribution in [0.25, 0.3) is 0 Å². The van der Waals surface area contributed by atoms with Crippen LogP contribution < -0.4 is 4.74 Å². The number of fused-ring (bicyclic) bond motifs is 1. The van der Waals surface area contributed by atoms with Gasteiger partial charge < -0.3 is 9.64 Å². The summed E-state index contributed by atoms with van der Waals surface area (Å²) in [5.74, 6) is -1.02. The number of benzene rings is 1. The summed E-state index contributed by atoms with van der Waals surface area (Å²) in [5.41, 5.74) is -0.111. The van der Waals surface area contributed by atoms with Gasteiger partial charge in [0.1, 0.15) is 6.10 Å². The zero-order valence-electron chi connectivity index (χ0n) is 17.0. The molecule has 1 atom stereocenters. The molecule has 0 saturated carbocycles. The third-order valence-corrected chi connectivity index (χ3v) is 5.50. The topological polar surface area (TPSA) is 79.8 Å². The molecule has 0 spiro atoms. The molecule has 3 heterocycles. The first-order chi connectivity index (χ1) is 15.2. The standard InChI is InChI=1S/C22H20F3N3O4/c23-22(24,25)14-7-9-26-18(12-14)32-15-8-11-27(13-15)19(29)6-3-10-28-20(30)16-4-1-2-5-17(16)21(28)31/h1-2,4-5,7,9,12,15H,3,6,8,10-11,13H2. The number of imide groups is 1. The summed E-state index contributed by atoms with van der Waals surface area (Å²) in [6, 6.07) is 8.29. The van der Waals surface area contributed by atoms with Gasteiger partial charge in [-0.2, -0.15) is 13.2 Å². The van der Waals surface area contributed by atoms with Crippen molar-refractivity contribution in [1.82, 2.24) is 14.8 Å². The highest BCUT2D eigenvalue weighted by Crippen LogP contribution is 2.31. The predicted octanol–water partition coefficient (Wildman–Crippen LogP) is 3.16. The molecule has 4 rings (SSSR count). The smallest absolute Gasteiger partial charge is 0.416 e. The number of rotatable bonds is 6. The van der Waals surface area contributed by atoms with Gasteiger partial charge in [0, 0.05) is 38.2 Å². The first kappa shape index (κ1) is 21.8. The van der Waals surface area contributed by atoms with Crippen molar-refractivity contribution in [1.29, 1.82) is 0 Å². The first-order valence-corrected chi connectivity index (χ1v) is 10.2. The van der Waals surface area contributed by atoms with Gasteiger partial charge in [-0.1, -0.05) is 12.1 Å². The molecule has 2 aliphatic heterocycles. The van der Waals surface area contributed by atoms with Crippen LogP contribution in [0.2, 0.25) is 0 Å². The highest BCUT2D eigenvalue weighted by Gasteiger charge is 2.35. The SMILES string of the molecule is O=C(CCCN1C(=O)c2ccccc2C1=O)N1CCC(Oc2cc(C(F)(F)F)ccn2)C1. The maximum Gasteiger partial charge on any atom is 0.416 e. The van der Waals surface area contributed by atoms with Gasteiger partial charge in [-0.15, -0.1) is 0 Å². The number of aromatic nitrogens is 1. The van der Waals surface area contributed by atoms with E-state index in [9.17, 15) is 27.6 Å². The molecule has 1 aromatic heterocycles. The lowest BCUT2D eigenvalue weighted by atomic mass is 10.1. The van der Waals surface area contributed by atoms with Crippen molar-refractivity contribution in [2.45, 2.75) is 31.5 Å². The molecule has 2 aliphatic rings. The molecule has 168 valence electrons. The van der Waals surface area contributed by atoms with Gasteiger partial charge in [0.05, 0.1) is 23.2 Å². The Kier molecular flexibility index (Phi) is 5.86. The summed E-state index contributed by atoms with van der Waals surface area (Å²) >= 11 is 0. The summed E-state index contributed by atoms with van der Waals surface area (Å²) in [7, 11) is 0. The monoisotopic (exact) mass is 447 g/mol. The average Bonchev–Trinajstić information content (AvgIpc) is 3.32. The van der Waals surface area contributed by atoms with Gasteiger partial charge in [-0.3, -0.25) is 19.3 Å². The molecule has 32 heavy (non-hydrogen) atoms. The molecular formula is C22H20F3N3O4. The van der Waals surface area contributed by atoms with Crippen LogP contribution in [0, 0.1) is 0 Å². The molecule has 0 aliphatic carbocycles. The average molecular weight is 447 g/mol. The third kappa shape index (κ3) is 4.44. The Bertz CT molecular complexity index is 1020. The molecule has 1 fully saturated rings. The minimum atomic E-state index is -4.49. The van der Waals surface area contributed by atoms with E-state index in [0.29, 0.717) is 30.5 Å². The van der Waals surface area contributed by atoms with E-state index in [2.05, 4.69) is 4.98 Å². The summed E-state index contributed by atoms with van der Waals surface area (Å²) in [6.45, 7) is 0.791. The molecule has 7 nitrogen and oxygen atoms in total. The maximum absolute atomic E-state index is 12.8. The predicted molar refractivity (Wildman–Crippen MR) is 106 cm³/mol. The zero-order valence-corrected chi connectivity index (χ0v) is 17.0. The number of halogens is 3. The van der Waals surface area contributed by atoms with Crippen LogP contribution >= 0.6 is 0 Å². The molecule has 1 unspecified atom stereocenters. The second kappa shape index (κ2) is 8.60. The van der Waals surface area contributed by atoms with Crippen molar-refractivity contribution in [3.05, 3.63) is 59.3 Å². The summed E-state index contributed by atoms with van der Waals surface area (Å²) in [4.78, 5) is 43.8. The number of hydrogen-bond acceptors (Lipinski definition) is 5.